The number of amides is 2. The Balaban J connectivity index is 1.44. The number of hydrogen-bond donors (Lipinski definition) is 2. The molecule has 1 aliphatic heterocycles. The SMILES string of the molecule is Cc1ccc(CNC(=O)C(C)N2CCN(CC(=O)Nc3ccccc3C(F)(F)F)CC2)cc1. The van der Waals surface area contributed by atoms with Gasteiger partial charge in [0.2, 0.25) is 11.8 Å². The molecule has 9 heteroatoms. The number of piperazine rings is 1. The first-order valence-electron chi connectivity index (χ1n) is 10.9. The Bertz CT molecular complexity index is 955. The molecular weight excluding hydrogens is 433 g/mol. The van der Waals surface area contributed by atoms with Gasteiger partial charge in [-0.1, -0.05) is 42.0 Å². The van der Waals surface area contributed by atoms with E-state index in [1.54, 1.807) is 0 Å². The summed E-state index contributed by atoms with van der Waals surface area (Å²) in [5, 5.41) is 5.33. The maximum atomic E-state index is 13.1. The molecule has 2 aromatic rings. The number of aryl methyl sites for hydroxylation is 1. The fraction of sp³-hybridized carbons (Fsp3) is 0.417. The molecule has 0 saturated carbocycles. The fourth-order valence-corrected chi connectivity index (χ4v) is 3.75. The second-order valence-electron chi connectivity index (χ2n) is 8.28. The molecule has 2 aromatic carbocycles. The van der Waals surface area contributed by atoms with E-state index in [0.29, 0.717) is 32.7 Å². The van der Waals surface area contributed by atoms with Crippen molar-refractivity contribution in [3.05, 3.63) is 65.2 Å². The Morgan fingerprint density at radius 2 is 1.64 bits per heavy atom. The van der Waals surface area contributed by atoms with Crippen molar-refractivity contribution in [1.82, 2.24) is 15.1 Å². The number of nitrogens with one attached hydrogen (secondary N) is 2. The minimum absolute atomic E-state index is 0.00592. The van der Waals surface area contributed by atoms with Gasteiger partial charge in [0, 0.05) is 32.7 Å². The molecule has 6 nitrogen and oxygen atoms in total. The van der Waals surface area contributed by atoms with Gasteiger partial charge in [0.15, 0.2) is 0 Å². The topological polar surface area (TPSA) is 64.7 Å². The van der Waals surface area contributed by atoms with Gasteiger partial charge in [0.25, 0.3) is 0 Å². The Morgan fingerprint density at radius 3 is 2.27 bits per heavy atom. The number of halogens is 3. The molecule has 1 unspecified atom stereocenters. The zero-order valence-corrected chi connectivity index (χ0v) is 18.8. The maximum Gasteiger partial charge on any atom is 0.418 e. The molecular formula is C24H29F3N4O2. The number of benzene rings is 2. The molecule has 3 rings (SSSR count). The van der Waals surface area contributed by atoms with Crippen LogP contribution in [0.4, 0.5) is 18.9 Å². The number of para-hydroxylation sites is 1. The lowest BCUT2D eigenvalue weighted by atomic mass is 10.1. The lowest BCUT2D eigenvalue weighted by molar-refractivity contribution is -0.137. The van der Waals surface area contributed by atoms with Crippen LogP contribution in [-0.4, -0.2) is 60.4 Å². The highest BCUT2D eigenvalue weighted by Crippen LogP contribution is 2.34. The average molecular weight is 463 g/mol. The summed E-state index contributed by atoms with van der Waals surface area (Å²) in [6.07, 6.45) is -4.54. The summed E-state index contributed by atoms with van der Waals surface area (Å²) in [6.45, 7) is 6.58. The molecule has 178 valence electrons. The van der Waals surface area contributed by atoms with Gasteiger partial charge < -0.3 is 10.6 Å². The number of rotatable bonds is 7. The number of alkyl halides is 3. The van der Waals surface area contributed by atoms with Crippen LogP contribution in [0.1, 0.15) is 23.6 Å². The summed E-state index contributed by atoms with van der Waals surface area (Å²) >= 11 is 0. The number of anilines is 1. The molecule has 0 aromatic heterocycles. The molecule has 0 radical (unpaired) electrons. The third kappa shape index (κ3) is 7.03. The van der Waals surface area contributed by atoms with Crippen LogP contribution in [0.25, 0.3) is 0 Å². The minimum Gasteiger partial charge on any atom is -0.351 e. The van der Waals surface area contributed by atoms with Crippen LogP contribution >= 0.6 is 0 Å². The van der Waals surface area contributed by atoms with E-state index < -0.39 is 17.6 Å². The molecule has 2 N–H and O–H groups in total. The zero-order chi connectivity index (χ0) is 24.0. The molecule has 1 aliphatic rings. The van der Waals surface area contributed by atoms with Gasteiger partial charge in [-0.3, -0.25) is 19.4 Å². The van der Waals surface area contributed by atoms with Crippen molar-refractivity contribution in [2.75, 3.05) is 38.0 Å². The first kappa shape index (κ1) is 24.7. The number of carbonyl (C=O) groups excluding carboxylic acids is 2. The molecule has 0 spiro atoms. The standard InChI is InChI=1S/C24H29F3N4O2/c1-17-7-9-19(10-8-17)15-28-23(33)18(2)31-13-11-30(12-14-31)16-22(32)29-21-6-4-3-5-20(21)24(25,26)27/h3-10,18H,11-16H2,1-2H3,(H,28,33)(H,29,32). The minimum atomic E-state index is -4.54. The van der Waals surface area contributed by atoms with E-state index in [1.807, 2.05) is 47.9 Å². The van der Waals surface area contributed by atoms with E-state index >= 15 is 0 Å². The van der Waals surface area contributed by atoms with Gasteiger partial charge in [-0.25, -0.2) is 0 Å². The smallest absolute Gasteiger partial charge is 0.351 e. The van der Waals surface area contributed by atoms with Crippen molar-refractivity contribution in [2.24, 2.45) is 0 Å². The number of nitrogens with zero attached hydrogens (tertiary/aromatic N) is 2. The average Bonchev–Trinajstić information content (AvgIpc) is 2.78. The Hall–Kier alpha value is -2.91. The van der Waals surface area contributed by atoms with Gasteiger partial charge in [0.1, 0.15) is 0 Å². The normalized spacial score (nSPS) is 16.3. The molecule has 1 saturated heterocycles. The van der Waals surface area contributed by atoms with Crippen LogP contribution in [-0.2, 0) is 22.3 Å². The van der Waals surface area contributed by atoms with E-state index in [-0.39, 0.29) is 24.2 Å². The van der Waals surface area contributed by atoms with Crippen molar-refractivity contribution in [1.29, 1.82) is 0 Å². The van der Waals surface area contributed by atoms with Crippen molar-refractivity contribution in [3.63, 3.8) is 0 Å². The highest BCUT2D eigenvalue weighted by Gasteiger charge is 2.34. The van der Waals surface area contributed by atoms with Crippen LogP contribution in [0, 0.1) is 6.92 Å². The molecule has 1 fully saturated rings. The predicted molar refractivity (Wildman–Crippen MR) is 121 cm³/mol. The lowest BCUT2D eigenvalue weighted by Crippen LogP contribution is -2.54. The van der Waals surface area contributed by atoms with Crippen LogP contribution < -0.4 is 10.6 Å². The Labute approximate surface area is 191 Å². The van der Waals surface area contributed by atoms with E-state index in [9.17, 15) is 22.8 Å². The highest BCUT2D eigenvalue weighted by molar-refractivity contribution is 5.93. The van der Waals surface area contributed by atoms with E-state index in [0.717, 1.165) is 17.2 Å². The van der Waals surface area contributed by atoms with Crippen LogP contribution in [0.15, 0.2) is 48.5 Å². The zero-order valence-electron chi connectivity index (χ0n) is 18.8. The monoisotopic (exact) mass is 462 g/mol. The molecule has 1 atom stereocenters. The van der Waals surface area contributed by atoms with Crippen molar-refractivity contribution in [3.8, 4) is 0 Å². The number of hydrogen-bond acceptors (Lipinski definition) is 4. The molecule has 1 heterocycles. The fourth-order valence-electron chi connectivity index (χ4n) is 3.75. The van der Waals surface area contributed by atoms with Crippen molar-refractivity contribution >= 4 is 17.5 Å². The second-order valence-corrected chi connectivity index (χ2v) is 8.28. The first-order chi connectivity index (χ1) is 15.6. The van der Waals surface area contributed by atoms with Gasteiger partial charge >= 0.3 is 6.18 Å². The Morgan fingerprint density at radius 1 is 1.00 bits per heavy atom. The Kier molecular flexibility index (Phi) is 8.10. The van der Waals surface area contributed by atoms with Gasteiger partial charge in [-0.05, 0) is 31.5 Å². The molecule has 0 aliphatic carbocycles. The lowest BCUT2D eigenvalue weighted by Gasteiger charge is -2.37. The van der Waals surface area contributed by atoms with Crippen molar-refractivity contribution < 1.29 is 22.8 Å². The summed E-state index contributed by atoms with van der Waals surface area (Å²) in [7, 11) is 0. The summed E-state index contributed by atoms with van der Waals surface area (Å²) in [5.74, 6) is -0.561. The quantitative estimate of drug-likeness (QED) is 0.663. The van der Waals surface area contributed by atoms with Gasteiger partial charge in [0.05, 0.1) is 23.8 Å². The van der Waals surface area contributed by atoms with Crippen molar-refractivity contribution in [2.45, 2.75) is 32.6 Å². The summed E-state index contributed by atoms with van der Waals surface area (Å²) in [6, 6.07) is 12.6. The van der Waals surface area contributed by atoms with Crippen LogP contribution in [0.2, 0.25) is 0 Å². The molecule has 0 bridgehead atoms. The van der Waals surface area contributed by atoms with Crippen LogP contribution in [0.3, 0.4) is 0 Å². The third-order valence-corrected chi connectivity index (χ3v) is 5.80. The largest absolute Gasteiger partial charge is 0.418 e. The van der Waals surface area contributed by atoms with Crippen LogP contribution in [0.5, 0.6) is 0 Å². The van der Waals surface area contributed by atoms with E-state index in [4.69, 9.17) is 0 Å². The predicted octanol–water partition coefficient (Wildman–Crippen LogP) is 3.27. The number of carbonyl (C=O) groups is 2. The highest BCUT2D eigenvalue weighted by atomic mass is 19.4. The maximum absolute atomic E-state index is 13.1. The second kappa shape index (κ2) is 10.8. The molecule has 2 amide bonds. The first-order valence-corrected chi connectivity index (χ1v) is 10.9. The van der Waals surface area contributed by atoms with E-state index in [1.165, 1.54) is 18.2 Å². The summed E-state index contributed by atoms with van der Waals surface area (Å²) in [4.78, 5) is 28.8. The summed E-state index contributed by atoms with van der Waals surface area (Å²) < 4.78 is 39.3. The van der Waals surface area contributed by atoms with Gasteiger partial charge in [-0.15, -0.1) is 0 Å². The third-order valence-electron chi connectivity index (χ3n) is 5.80. The van der Waals surface area contributed by atoms with E-state index in [2.05, 4.69) is 10.6 Å². The molecule has 33 heavy (non-hydrogen) atoms. The summed E-state index contributed by atoms with van der Waals surface area (Å²) in [5.41, 5.74) is 1.08. The van der Waals surface area contributed by atoms with Gasteiger partial charge in [-0.2, -0.15) is 13.2 Å².